The van der Waals surface area contributed by atoms with Crippen LogP contribution in [0.1, 0.15) is 33.6 Å². The molecule has 2 unspecified atom stereocenters. The predicted octanol–water partition coefficient (Wildman–Crippen LogP) is 3.77. The van der Waals surface area contributed by atoms with Crippen LogP contribution in [0.5, 0.6) is 0 Å². The minimum atomic E-state index is 0.237. The van der Waals surface area contributed by atoms with Crippen molar-refractivity contribution in [2.75, 3.05) is 24.2 Å². The first-order chi connectivity index (χ1) is 9.11. The summed E-state index contributed by atoms with van der Waals surface area (Å²) in [5, 5.41) is 3.73. The molecule has 1 fully saturated rings. The van der Waals surface area contributed by atoms with Gasteiger partial charge in [-0.25, -0.2) is 0 Å². The summed E-state index contributed by atoms with van der Waals surface area (Å²) >= 11 is 1.82. The van der Waals surface area contributed by atoms with Crippen molar-refractivity contribution in [3.63, 3.8) is 0 Å². The smallest absolute Gasteiger partial charge is 0.0412 e. The van der Waals surface area contributed by atoms with E-state index in [0.29, 0.717) is 6.04 Å². The lowest BCUT2D eigenvalue weighted by atomic mass is 9.92. The molecule has 1 saturated heterocycles. The molecule has 1 N–H and O–H groups in total. The van der Waals surface area contributed by atoms with Crippen LogP contribution >= 0.6 is 11.8 Å². The van der Waals surface area contributed by atoms with E-state index in [-0.39, 0.29) is 5.54 Å². The molecule has 1 aromatic rings. The molecule has 0 bridgehead atoms. The molecule has 0 spiro atoms. The van der Waals surface area contributed by atoms with Crippen molar-refractivity contribution in [2.24, 2.45) is 0 Å². The Morgan fingerprint density at radius 1 is 1.42 bits per heavy atom. The molecule has 1 aliphatic heterocycles. The maximum absolute atomic E-state index is 3.73. The molecule has 0 radical (unpaired) electrons. The summed E-state index contributed by atoms with van der Waals surface area (Å²) < 4.78 is 0. The fraction of sp³-hybridized carbons (Fsp3) is 0.625. The van der Waals surface area contributed by atoms with Crippen LogP contribution in [-0.2, 0) is 0 Å². The molecule has 2 atom stereocenters. The Balaban J connectivity index is 2.26. The van der Waals surface area contributed by atoms with E-state index in [1.807, 2.05) is 11.8 Å². The first kappa shape index (κ1) is 14.7. The van der Waals surface area contributed by atoms with Crippen LogP contribution in [0.2, 0.25) is 0 Å². The summed E-state index contributed by atoms with van der Waals surface area (Å²) in [4.78, 5) is 3.95. The SMILES string of the molecule is CCC1CNC(C)(CC)CN1c1cccc(SC)c1. The second kappa shape index (κ2) is 6.19. The van der Waals surface area contributed by atoms with Gasteiger partial charge < -0.3 is 10.2 Å². The lowest BCUT2D eigenvalue weighted by molar-refractivity contribution is 0.276. The number of nitrogens with one attached hydrogen (secondary N) is 1. The van der Waals surface area contributed by atoms with Gasteiger partial charge in [0.15, 0.2) is 0 Å². The predicted molar refractivity (Wildman–Crippen MR) is 86.3 cm³/mol. The highest BCUT2D eigenvalue weighted by atomic mass is 32.2. The minimum Gasteiger partial charge on any atom is -0.365 e. The van der Waals surface area contributed by atoms with E-state index in [1.54, 1.807) is 0 Å². The molecule has 19 heavy (non-hydrogen) atoms. The number of hydrogen-bond donors (Lipinski definition) is 1. The van der Waals surface area contributed by atoms with E-state index in [4.69, 9.17) is 0 Å². The Bertz CT molecular complexity index is 421. The third-order valence-electron chi connectivity index (χ3n) is 4.36. The molecule has 1 heterocycles. The lowest BCUT2D eigenvalue weighted by Crippen LogP contribution is -2.62. The van der Waals surface area contributed by atoms with Crippen molar-refractivity contribution in [3.05, 3.63) is 24.3 Å². The largest absolute Gasteiger partial charge is 0.365 e. The average Bonchev–Trinajstić information content (AvgIpc) is 2.47. The number of rotatable bonds is 4. The van der Waals surface area contributed by atoms with E-state index >= 15 is 0 Å². The van der Waals surface area contributed by atoms with E-state index < -0.39 is 0 Å². The van der Waals surface area contributed by atoms with Gasteiger partial charge in [-0.1, -0.05) is 19.9 Å². The standard InChI is InChI=1S/C16H26N2S/c1-5-13-11-17-16(3,6-2)12-18(13)14-8-7-9-15(10-14)19-4/h7-10,13,17H,5-6,11-12H2,1-4H3. The molecular weight excluding hydrogens is 252 g/mol. The molecule has 2 nitrogen and oxygen atoms in total. The summed E-state index contributed by atoms with van der Waals surface area (Å²) in [7, 11) is 0. The van der Waals surface area contributed by atoms with Gasteiger partial charge in [0.25, 0.3) is 0 Å². The fourth-order valence-corrected chi connectivity index (χ4v) is 3.18. The molecule has 106 valence electrons. The van der Waals surface area contributed by atoms with Crippen molar-refractivity contribution in [3.8, 4) is 0 Å². The highest BCUT2D eigenvalue weighted by molar-refractivity contribution is 7.98. The van der Waals surface area contributed by atoms with E-state index in [9.17, 15) is 0 Å². The fourth-order valence-electron chi connectivity index (χ4n) is 2.73. The van der Waals surface area contributed by atoms with Crippen molar-refractivity contribution in [2.45, 2.75) is 50.1 Å². The normalized spacial score (nSPS) is 27.6. The summed E-state index contributed by atoms with van der Waals surface area (Å²) in [6.45, 7) is 9.08. The van der Waals surface area contributed by atoms with Crippen LogP contribution in [0.4, 0.5) is 5.69 Å². The van der Waals surface area contributed by atoms with E-state index in [1.165, 1.54) is 23.4 Å². The third kappa shape index (κ3) is 3.26. The van der Waals surface area contributed by atoms with Crippen LogP contribution in [0, 0.1) is 0 Å². The van der Waals surface area contributed by atoms with Crippen molar-refractivity contribution in [1.82, 2.24) is 5.32 Å². The zero-order valence-electron chi connectivity index (χ0n) is 12.6. The monoisotopic (exact) mass is 278 g/mol. The maximum Gasteiger partial charge on any atom is 0.0412 e. The number of piperazine rings is 1. The first-order valence-corrected chi connectivity index (χ1v) is 8.50. The Kier molecular flexibility index (Phi) is 4.80. The summed E-state index contributed by atoms with van der Waals surface area (Å²) in [5.74, 6) is 0. The van der Waals surface area contributed by atoms with E-state index in [2.05, 4.69) is 61.5 Å². The number of hydrogen-bond acceptors (Lipinski definition) is 3. The van der Waals surface area contributed by atoms with Crippen LogP contribution in [-0.4, -0.2) is 30.9 Å². The Morgan fingerprint density at radius 3 is 2.84 bits per heavy atom. The average molecular weight is 278 g/mol. The van der Waals surface area contributed by atoms with Gasteiger partial charge in [-0.05, 0) is 44.2 Å². The van der Waals surface area contributed by atoms with Gasteiger partial charge in [-0.15, -0.1) is 11.8 Å². The van der Waals surface area contributed by atoms with Crippen LogP contribution < -0.4 is 10.2 Å². The maximum atomic E-state index is 3.73. The number of nitrogens with zero attached hydrogens (tertiary/aromatic N) is 1. The zero-order chi connectivity index (χ0) is 13.9. The molecule has 1 aromatic carbocycles. The minimum absolute atomic E-state index is 0.237. The highest BCUT2D eigenvalue weighted by Gasteiger charge is 2.33. The quantitative estimate of drug-likeness (QED) is 0.844. The van der Waals surface area contributed by atoms with Crippen molar-refractivity contribution >= 4 is 17.4 Å². The van der Waals surface area contributed by atoms with Crippen molar-refractivity contribution < 1.29 is 0 Å². The second-order valence-corrected chi connectivity index (χ2v) is 6.57. The molecule has 2 rings (SSSR count). The number of benzene rings is 1. The Morgan fingerprint density at radius 2 is 2.21 bits per heavy atom. The molecule has 0 aromatic heterocycles. The third-order valence-corrected chi connectivity index (χ3v) is 5.09. The van der Waals surface area contributed by atoms with Gasteiger partial charge in [0.05, 0.1) is 0 Å². The second-order valence-electron chi connectivity index (χ2n) is 5.69. The summed E-state index contributed by atoms with van der Waals surface area (Å²) in [6.07, 6.45) is 4.50. The van der Waals surface area contributed by atoms with Gasteiger partial charge in [0, 0.05) is 35.3 Å². The lowest BCUT2D eigenvalue weighted by Gasteiger charge is -2.47. The topological polar surface area (TPSA) is 15.3 Å². The summed E-state index contributed by atoms with van der Waals surface area (Å²) in [6, 6.07) is 9.56. The molecular formula is C16H26N2S. The van der Waals surface area contributed by atoms with Gasteiger partial charge in [-0.2, -0.15) is 0 Å². The number of anilines is 1. The van der Waals surface area contributed by atoms with E-state index in [0.717, 1.165) is 13.1 Å². The van der Waals surface area contributed by atoms with Crippen LogP contribution in [0.3, 0.4) is 0 Å². The Hall–Kier alpha value is -0.670. The molecule has 0 saturated carbocycles. The molecule has 0 aliphatic carbocycles. The molecule has 3 heteroatoms. The van der Waals surface area contributed by atoms with Gasteiger partial charge in [-0.3, -0.25) is 0 Å². The molecule has 0 amide bonds. The van der Waals surface area contributed by atoms with Gasteiger partial charge in [0.2, 0.25) is 0 Å². The van der Waals surface area contributed by atoms with Crippen LogP contribution in [0.15, 0.2) is 29.2 Å². The number of thioether (sulfide) groups is 1. The molecule has 1 aliphatic rings. The Labute approximate surface area is 122 Å². The summed E-state index contributed by atoms with van der Waals surface area (Å²) in [5.41, 5.74) is 1.61. The van der Waals surface area contributed by atoms with Gasteiger partial charge >= 0.3 is 0 Å². The first-order valence-electron chi connectivity index (χ1n) is 7.27. The van der Waals surface area contributed by atoms with Crippen LogP contribution in [0.25, 0.3) is 0 Å². The van der Waals surface area contributed by atoms with Crippen molar-refractivity contribution in [1.29, 1.82) is 0 Å². The van der Waals surface area contributed by atoms with Gasteiger partial charge in [0.1, 0.15) is 0 Å². The zero-order valence-corrected chi connectivity index (χ0v) is 13.4. The highest BCUT2D eigenvalue weighted by Crippen LogP contribution is 2.29.